The number of carboxylic acids is 1. The third kappa shape index (κ3) is 4.42. The minimum atomic E-state index is -0.820. The van der Waals surface area contributed by atoms with Crippen LogP contribution in [0.25, 0.3) is 0 Å². The standard InChI is InChI=1S/C20H26N2O4/c23-18(7-6-15-4-2-1-3-5-15)21-11-8-16(9-12-21)19(24)22-13-10-17(14-22)20(25)26/h1-5,16-17H,6-14H2,(H,25,26). The summed E-state index contributed by atoms with van der Waals surface area (Å²) < 4.78 is 0. The van der Waals surface area contributed by atoms with Crippen LogP contribution in [0.3, 0.4) is 0 Å². The second kappa shape index (κ2) is 8.34. The van der Waals surface area contributed by atoms with Gasteiger partial charge in [-0.2, -0.15) is 0 Å². The van der Waals surface area contributed by atoms with Gasteiger partial charge in [-0.25, -0.2) is 0 Å². The normalized spacial score (nSPS) is 21.0. The zero-order valence-corrected chi connectivity index (χ0v) is 15.0. The highest BCUT2D eigenvalue weighted by Gasteiger charge is 2.35. The Bertz CT molecular complexity index is 653. The second-order valence-corrected chi connectivity index (χ2v) is 7.25. The van der Waals surface area contributed by atoms with E-state index in [0.29, 0.717) is 51.9 Å². The fourth-order valence-corrected chi connectivity index (χ4v) is 3.85. The molecule has 1 N–H and O–H groups in total. The summed E-state index contributed by atoms with van der Waals surface area (Å²) in [6.07, 6.45) is 3.12. The van der Waals surface area contributed by atoms with E-state index >= 15 is 0 Å². The van der Waals surface area contributed by atoms with Gasteiger partial charge in [-0.3, -0.25) is 14.4 Å². The first-order chi connectivity index (χ1) is 12.5. The number of aryl methyl sites for hydroxylation is 1. The summed E-state index contributed by atoms with van der Waals surface area (Å²) in [4.78, 5) is 39.6. The Labute approximate surface area is 153 Å². The zero-order valence-electron chi connectivity index (χ0n) is 15.0. The molecule has 0 radical (unpaired) electrons. The molecule has 0 aromatic heterocycles. The van der Waals surface area contributed by atoms with Gasteiger partial charge in [0.1, 0.15) is 0 Å². The summed E-state index contributed by atoms with van der Waals surface area (Å²) in [5, 5.41) is 9.07. The van der Waals surface area contributed by atoms with Crippen molar-refractivity contribution >= 4 is 17.8 Å². The van der Waals surface area contributed by atoms with E-state index in [-0.39, 0.29) is 17.7 Å². The first-order valence-corrected chi connectivity index (χ1v) is 9.38. The highest BCUT2D eigenvalue weighted by atomic mass is 16.4. The molecule has 1 atom stereocenters. The first kappa shape index (κ1) is 18.4. The van der Waals surface area contributed by atoms with Gasteiger partial charge < -0.3 is 14.9 Å². The van der Waals surface area contributed by atoms with E-state index < -0.39 is 11.9 Å². The molecule has 1 aromatic rings. The van der Waals surface area contributed by atoms with Gasteiger partial charge >= 0.3 is 5.97 Å². The van der Waals surface area contributed by atoms with E-state index in [9.17, 15) is 14.4 Å². The summed E-state index contributed by atoms with van der Waals surface area (Å²) in [6, 6.07) is 9.97. The van der Waals surface area contributed by atoms with Crippen LogP contribution in [0.2, 0.25) is 0 Å². The van der Waals surface area contributed by atoms with Crippen LogP contribution in [0.4, 0.5) is 0 Å². The lowest BCUT2D eigenvalue weighted by Crippen LogP contribution is -2.44. The molecule has 2 aliphatic heterocycles. The van der Waals surface area contributed by atoms with Crippen molar-refractivity contribution in [3.8, 4) is 0 Å². The average molecular weight is 358 g/mol. The van der Waals surface area contributed by atoms with Crippen LogP contribution in [-0.2, 0) is 20.8 Å². The zero-order chi connectivity index (χ0) is 18.5. The number of carbonyl (C=O) groups is 3. The van der Waals surface area contributed by atoms with E-state index in [4.69, 9.17) is 5.11 Å². The maximum atomic E-state index is 12.6. The van der Waals surface area contributed by atoms with E-state index in [2.05, 4.69) is 0 Å². The van der Waals surface area contributed by atoms with E-state index in [1.165, 1.54) is 0 Å². The Morgan fingerprint density at radius 3 is 2.15 bits per heavy atom. The number of amides is 2. The van der Waals surface area contributed by atoms with Gasteiger partial charge in [-0.15, -0.1) is 0 Å². The predicted octanol–water partition coefficient (Wildman–Crippen LogP) is 1.79. The first-order valence-electron chi connectivity index (χ1n) is 9.38. The monoisotopic (exact) mass is 358 g/mol. The highest BCUT2D eigenvalue weighted by molar-refractivity contribution is 5.81. The Balaban J connectivity index is 1.43. The number of benzene rings is 1. The average Bonchev–Trinajstić information content (AvgIpc) is 3.17. The van der Waals surface area contributed by atoms with Crippen LogP contribution in [-0.4, -0.2) is 58.9 Å². The van der Waals surface area contributed by atoms with Crippen molar-refractivity contribution in [3.05, 3.63) is 35.9 Å². The number of nitrogens with zero attached hydrogens (tertiary/aromatic N) is 2. The van der Waals surface area contributed by atoms with Gasteiger partial charge in [0.2, 0.25) is 11.8 Å². The summed E-state index contributed by atoms with van der Waals surface area (Å²) in [6.45, 7) is 2.08. The molecule has 26 heavy (non-hydrogen) atoms. The Kier molecular flexibility index (Phi) is 5.91. The molecule has 1 aromatic carbocycles. The van der Waals surface area contributed by atoms with E-state index in [1.807, 2.05) is 35.2 Å². The minimum absolute atomic E-state index is 0.0603. The van der Waals surface area contributed by atoms with Crippen molar-refractivity contribution in [1.29, 1.82) is 0 Å². The Morgan fingerprint density at radius 2 is 1.54 bits per heavy atom. The van der Waals surface area contributed by atoms with Crippen molar-refractivity contribution in [1.82, 2.24) is 9.80 Å². The molecule has 1 unspecified atom stereocenters. The summed E-state index contributed by atoms with van der Waals surface area (Å²) in [5.74, 6) is -1.13. The molecular weight excluding hydrogens is 332 g/mol. The van der Waals surface area contributed by atoms with Crippen LogP contribution < -0.4 is 0 Å². The topological polar surface area (TPSA) is 77.9 Å². The smallest absolute Gasteiger partial charge is 0.308 e. The number of rotatable bonds is 5. The van der Waals surface area contributed by atoms with Gasteiger partial charge in [-0.05, 0) is 31.2 Å². The molecule has 140 valence electrons. The molecule has 2 heterocycles. The van der Waals surface area contributed by atoms with Crippen LogP contribution in [0.5, 0.6) is 0 Å². The molecule has 0 bridgehead atoms. The van der Waals surface area contributed by atoms with E-state index in [1.54, 1.807) is 4.90 Å². The van der Waals surface area contributed by atoms with Gasteiger partial charge in [-0.1, -0.05) is 30.3 Å². The molecule has 2 fully saturated rings. The maximum Gasteiger partial charge on any atom is 0.308 e. The number of piperidine rings is 1. The molecule has 0 spiro atoms. The molecule has 6 nitrogen and oxygen atoms in total. The number of hydrogen-bond donors (Lipinski definition) is 1. The molecule has 0 aliphatic carbocycles. The lowest BCUT2D eigenvalue weighted by Gasteiger charge is -2.33. The van der Waals surface area contributed by atoms with Crippen molar-refractivity contribution < 1.29 is 19.5 Å². The maximum absolute atomic E-state index is 12.6. The van der Waals surface area contributed by atoms with Crippen LogP contribution >= 0.6 is 0 Å². The fourth-order valence-electron chi connectivity index (χ4n) is 3.85. The quantitative estimate of drug-likeness (QED) is 0.870. The molecule has 0 saturated carbocycles. The predicted molar refractivity (Wildman–Crippen MR) is 96.4 cm³/mol. The molecular formula is C20H26N2O4. The van der Waals surface area contributed by atoms with Crippen LogP contribution in [0, 0.1) is 11.8 Å². The lowest BCUT2D eigenvalue weighted by atomic mass is 9.95. The third-order valence-electron chi connectivity index (χ3n) is 5.52. The van der Waals surface area contributed by atoms with Gasteiger partial charge in [0.05, 0.1) is 5.92 Å². The Morgan fingerprint density at radius 1 is 0.923 bits per heavy atom. The van der Waals surface area contributed by atoms with Crippen molar-refractivity contribution in [2.75, 3.05) is 26.2 Å². The highest BCUT2D eigenvalue weighted by Crippen LogP contribution is 2.24. The van der Waals surface area contributed by atoms with Crippen LogP contribution in [0.1, 0.15) is 31.2 Å². The number of likely N-dealkylation sites (tertiary alicyclic amines) is 2. The fraction of sp³-hybridized carbons (Fsp3) is 0.550. The van der Waals surface area contributed by atoms with E-state index in [0.717, 1.165) is 12.0 Å². The van der Waals surface area contributed by atoms with Gasteiger partial charge in [0.15, 0.2) is 0 Å². The molecule has 3 rings (SSSR count). The SMILES string of the molecule is O=C(O)C1CCN(C(=O)C2CCN(C(=O)CCc3ccccc3)CC2)C1. The summed E-state index contributed by atoms with van der Waals surface area (Å²) in [5.41, 5.74) is 1.16. The summed E-state index contributed by atoms with van der Waals surface area (Å²) >= 11 is 0. The number of carbonyl (C=O) groups excluding carboxylic acids is 2. The van der Waals surface area contributed by atoms with Crippen LogP contribution in [0.15, 0.2) is 30.3 Å². The molecule has 2 amide bonds. The number of hydrogen-bond acceptors (Lipinski definition) is 3. The Hall–Kier alpha value is -2.37. The largest absolute Gasteiger partial charge is 0.481 e. The summed E-state index contributed by atoms with van der Waals surface area (Å²) in [7, 11) is 0. The molecule has 2 aliphatic rings. The van der Waals surface area contributed by atoms with Crippen molar-refractivity contribution in [2.45, 2.75) is 32.1 Å². The second-order valence-electron chi connectivity index (χ2n) is 7.25. The minimum Gasteiger partial charge on any atom is -0.481 e. The molecule has 6 heteroatoms. The number of carboxylic acid groups (broad SMARTS) is 1. The lowest BCUT2D eigenvalue weighted by molar-refractivity contribution is -0.143. The van der Waals surface area contributed by atoms with Gasteiger partial charge in [0, 0.05) is 38.5 Å². The van der Waals surface area contributed by atoms with Crippen molar-refractivity contribution in [2.24, 2.45) is 11.8 Å². The molecule has 2 saturated heterocycles. The van der Waals surface area contributed by atoms with Crippen molar-refractivity contribution in [3.63, 3.8) is 0 Å². The third-order valence-corrected chi connectivity index (χ3v) is 5.52. The van der Waals surface area contributed by atoms with Gasteiger partial charge in [0.25, 0.3) is 0 Å². The number of aliphatic carboxylic acids is 1.